The van der Waals surface area contributed by atoms with E-state index in [9.17, 15) is 4.79 Å². The molecule has 0 amide bonds. The van der Waals surface area contributed by atoms with E-state index in [0.717, 1.165) is 12.1 Å². The summed E-state index contributed by atoms with van der Waals surface area (Å²) in [5.41, 5.74) is 1.10. The van der Waals surface area contributed by atoms with Crippen LogP contribution in [0.25, 0.3) is 0 Å². The minimum Gasteiger partial charge on any atom is -0.479 e. The molecule has 1 rings (SSSR count). The van der Waals surface area contributed by atoms with Crippen LogP contribution >= 0.6 is 0 Å². The van der Waals surface area contributed by atoms with Gasteiger partial charge in [-0.25, -0.2) is 4.79 Å². The van der Waals surface area contributed by atoms with E-state index in [4.69, 9.17) is 9.84 Å². The lowest BCUT2D eigenvalue weighted by molar-refractivity contribution is -0.144. The van der Waals surface area contributed by atoms with Gasteiger partial charge in [0.15, 0.2) is 6.10 Å². The number of ether oxygens (including phenoxy) is 1. The minimum absolute atomic E-state index is 0.592. The van der Waals surface area contributed by atoms with Gasteiger partial charge in [0, 0.05) is 6.54 Å². The monoisotopic (exact) mass is 223 g/mol. The van der Waals surface area contributed by atoms with E-state index < -0.39 is 12.1 Å². The van der Waals surface area contributed by atoms with Crippen molar-refractivity contribution in [3.8, 4) is 5.75 Å². The SMILES string of the molecule is CC(Oc1cccc(CN(C)C)c1)C(=O)O. The summed E-state index contributed by atoms with van der Waals surface area (Å²) in [5, 5.41) is 8.72. The van der Waals surface area contributed by atoms with Crippen molar-refractivity contribution in [3.05, 3.63) is 29.8 Å². The minimum atomic E-state index is -0.960. The molecule has 16 heavy (non-hydrogen) atoms. The normalized spacial score (nSPS) is 12.5. The molecule has 88 valence electrons. The lowest BCUT2D eigenvalue weighted by Crippen LogP contribution is -2.23. The molecule has 1 aromatic rings. The van der Waals surface area contributed by atoms with Crippen LogP contribution in [-0.2, 0) is 11.3 Å². The van der Waals surface area contributed by atoms with Gasteiger partial charge in [-0.3, -0.25) is 0 Å². The van der Waals surface area contributed by atoms with Gasteiger partial charge < -0.3 is 14.7 Å². The van der Waals surface area contributed by atoms with Crippen LogP contribution in [0.2, 0.25) is 0 Å². The van der Waals surface area contributed by atoms with E-state index in [1.54, 1.807) is 6.07 Å². The van der Waals surface area contributed by atoms with E-state index in [0.29, 0.717) is 5.75 Å². The molecular formula is C12H17NO3. The molecule has 4 nitrogen and oxygen atoms in total. The molecule has 0 radical (unpaired) electrons. The maximum absolute atomic E-state index is 10.6. The van der Waals surface area contributed by atoms with Gasteiger partial charge in [0.1, 0.15) is 5.75 Å². The number of rotatable bonds is 5. The molecule has 1 aromatic carbocycles. The van der Waals surface area contributed by atoms with E-state index in [2.05, 4.69) is 0 Å². The summed E-state index contributed by atoms with van der Waals surface area (Å²) in [6.07, 6.45) is -0.824. The number of carbonyl (C=O) groups is 1. The molecular weight excluding hydrogens is 206 g/mol. The van der Waals surface area contributed by atoms with Crippen LogP contribution in [0.15, 0.2) is 24.3 Å². The van der Waals surface area contributed by atoms with Gasteiger partial charge in [0.2, 0.25) is 0 Å². The zero-order chi connectivity index (χ0) is 12.1. The molecule has 1 unspecified atom stereocenters. The Balaban J connectivity index is 2.70. The van der Waals surface area contributed by atoms with Crippen LogP contribution in [0.5, 0.6) is 5.75 Å². The Morgan fingerprint density at radius 2 is 2.19 bits per heavy atom. The zero-order valence-electron chi connectivity index (χ0n) is 9.80. The van der Waals surface area contributed by atoms with Crippen molar-refractivity contribution in [2.24, 2.45) is 0 Å². The van der Waals surface area contributed by atoms with E-state index in [-0.39, 0.29) is 0 Å². The van der Waals surface area contributed by atoms with Crippen LogP contribution in [0.1, 0.15) is 12.5 Å². The van der Waals surface area contributed by atoms with Crippen molar-refractivity contribution >= 4 is 5.97 Å². The number of aliphatic carboxylic acids is 1. The standard InChI is InChI=1S/C12H17NO3/c1-9(12(14)15)16-11-6-4-5-10(7-11)8-13(2)3/h4-7,9H,8H2,1-3H3,(H,14,15). The largest absolute Gasteiger partial charge is 0.479 e. The highest BCUT2D eigenvalue weighted by molar-refractivity contribution is 5.72. The first-order valence-electron chi connectivity index (χ1n) is 5.12. The van der Waals surface area contributed by atoms with Crippen LogP contribution < -0.4 is 4.74 Å². The highest BCUT2D eigenvalue weighted by Gasteiger charge is 2.12. The second-order valence-corrected chi connectivity index (χ2v) is 3.98. The molecule has 0 bridgehead atoms. The fourth-order valence-corrected chi connectivity index (χ4v) is 1.34. The Morgan fingerprint density at radius 1 is 1.50 bits per heavy atom. The lowest BCUT2D eigenvalue weighted by Gasteiger charge is -2.13. The maximum atomic E-state index is 10.6. The molecule has 0 heterocycles. The maximum Gasteiger partial charge on any atom is 0.344 e. The third-order valence-electron chi connectivity index (χ3n) is 2.06. The number of nitrogens with zero attached hydrogens (tertiary/aromatic N) is 1. The second kappa shape index (κ2) is 5.51. The van der Waals surface area contributed by atoms with Crippen LogP contribution in [-0.4, -0.2) is 36.2 Å². The number of carboxylic acid groups (broad SMARTS) is 1. The molecule has 0 aliphatic carbocycles. The van der Waals surface area contributed by atoms with Crippen molar-refractivity contribution in [1.82, 2.24) is 4.90 Å². The first-order chi connectivity index (χ1) is 7.49. The third-order valence-corrected chi connectivity index (χ3v) is 2.06. The average Bonchev–Trinajstić information content (AvgIpc) is 2.16. The predicted molar refractivity (Wildman–Crippen MR) is 61.6 cm³/mol. The number of hydrogen-bond acceptors (Lipinski definition) is 3. The molecule has 0 saturated carbocycles. The van der Waals surface area contributed by atoms with Gasteiger partial charge >= 0.3 is 5.97 Å². The Bertz CT molecular complexity index is 363. The molecule has 0 saturated heterocycles. The summed E-state index contributed by atoms with van der Waals surface area (Å²) < 4.78 is 5.28. The second-order valence-electron chi connectivity index (χ2n) is 3.98. The van der Waals surface area contributed by atoms with Crippen LogP contribution in [0.3, 0.4) is 0 Å². The fourth-order valence-electron chi connectivity index (χ4n) is 1.34. The zero-order valence-corrected chi connectivity index (χ0v) is 9.80. The van der Waals surface area contributed by atoms with E-state index in [1.807, 2.05) is 37.2 Å². The van der Waals surface area contributed by atoms with Crippen molar-refractivity contribution < 1.29 is 14.6 Å². The Labute approximate surface area is 95.5 Å². The highest BCUT2D eigenvalue weighted by Crippen LogP contribution is 2.15. The van der Waals surface area contributed by atoms with Gasteiger partial charge in [0.05, 0.1) is 0 Å². The third kappa shape index (κ3) is 3.90. The van der Waals surface area contributed by atoms with Crippen LogP contribution in [0.4, 0.5) is 0 Å². The van der Waals surface area contributed by atoms with Crippen molar-refractivity contribution in [1.29, 1.82) is 0 Å². The van der Waals surface area contributed by atoms with Gasteiger partial charge in [-0.05, 0) is 38.7 Å². The molecule has 0 aliphatic heterocycles. The molecule has 1 N–H and O–H groups in total. The summed E-state index contributed by atoms with van der Waals surface area (Å²) in [4.78, 5) is 12.7. The van der Waals surface area contributed by atoms with E-state index >= 15 is 0 Å². The number of benzene rings is 1. The Morgan fingerprint density at radius 3 is 2.75 bits per heavy atom. The molecule has 0 aromatic heterocycles. The Kier molecular flexibility index (Phi) is 4.31. The molecule has 0 aliphatic rings. The summed E-state index contributed by atoms with van der Waals surface area (Å²) in [5.74, 6) is -0.368. The Hall–Kier alpha value is -1.55. The first-order valence-corrected chi connectivity index (χ1v) is 5.12. The van der Waals surface area contributed by atoms with Crippen molar-refractivity contribution in [3.63, 3.8) is 0 Å². The van der Waals surface area contributed by atoms with Crippen molar-refractivity contribution in [2.45, 2.75) is 19.6 Å². The summed E-state index contributed by atoms with van der Waals surface area (Å²) in [6, 6.07) is 7.47. The topological polar surface area (TPSA) is 49.8 Å². The first kappa shape index (κ1) is 12.5. The molecule has 4 heteroatoms. The molecule has 0 spiro atoms. The van der Waals surface area contributed by atoms with Gasteiger partial charge in [-0.1, -0.05) is 12.1 Å². The van der Waals surface area contributed by atoms with E-state index in [1.165, 1.54) is 6.92 Å². The lowest BCUT2D eigenvalue weighted by atomic mass is 10.2. The number of hydrogen-bond donors (Lipinski definition) is 1. The smallest absolute Gasteiger partial charge is 0.344 e. The molecule has 1 atom stereocenters. The van der Waals surface area contributed by atoms with Gasteiger partial charge in [-0.15, -0.1) is 0 Å². The summed E-state index contributed by atoms with van der Waals surface area (Å²) in [6.45, 7) is 2.32. The molecule has 0 fully saturated rings. The number of carboxylic acids is 1. The van der Waals surface area contributed by atoms with Crippen molar-refractivity contribution in [2.75, 3.05) is 14.1 Å². The average molecular weight is 223 g/mol. The quantitative estimate of drug-likeness (QED) is 0.823. The summed E-state index contributed by atoms with van der Waals surface area (Å²) in [7, 11) is 3.96. The highest BCUT2D eigenvalue weighted by atomic mass is 16.5. The summed E-state index contributed by atoms with van der Waals surface area (Å²) >= 11 is 0. The van der Waals surface area contributed by atoms with Gasteiger partial charge in [0.25, 0.3) is 0 Å². The van der Waals surface area contributed by atoms with Gasteiger partial charge in [-0.2, -0.15) is 0 Å². The predicted octanol–water partition coefficient (Wildman–Crippen LogP) is 1.60. The fraction of sp³-hybridized carbons (Fsp3) is 0.417. The van der Waals surface area contributed by atoms with Crippen LogP contribution in [0, 0.1) is 0 Å².